The number of benzene rings is 1. The summed E-state index contributed by atoms with van der Waals surface area (Å²) in [5.74, 6) is -2.20. The van der Waals surface area contributed by atoms with Crippen LogP contribution in [0.25, 0.3) is 0 Å². The molecule has 3 amide bonds. The summed E-state index contributed by atoms with van der Waals surface area (Å²) in [4.78, 5) is 52.3. The monoisotopic (exact) mass is 443 g/mol. The molecule has 8 nitrogen and oxygen atoms in total. The standard InChI is InChI=1S/C22H25N3O5S/c1-13(2)18(24-19(27)16-10-7-11-31-16)20(28)30-12-17(26)25-15-9-6-5-8-14(15)23-21(29)22(25,3)4/h5-11,13,18H,12H2,1-4H3,(H,23,29)(H,24,27). The SMILES string of the molecule is CC(C)C(NC(=O)c1cccs1)C(=O)OCC(=O)N1c2ccccc2NC(=O)C1(C)C. The lowest BCUT2D eigenvalue weighted by Gasteiger charge is -2.41. The molecular formula is C22H25N3O5S. The number of hydrogen-bond acceptors (Lipinski definition) is 6. The van der Waals surface area contributed by atoms with E-state index < -0.39 is 30.1 Å². The Morgan fingerprint density at radius 1 is 1.16 bits per heavy atom. The molecule has 31 heavy (non-hydrogen) atoms. The Bertz CT molecular complexity index is 1000. The summed E-state index contributed by atoms with van der Waals surface area (Å²) in [7, 11) is 0. The number of thiophene rings is 1. The molecule has 0 bridgehead atoms. The normalized spacial score (nSPS) is 15.6. The summed E-state index contributed by atoms with van der Waals surface area (Å²) < 4.78 is 5.27. The molecule has 0 radical (unpaired) electrons. The van der Waals surface area contributed by atoms with Crippen molar-refractivity contribution in [2.75, 3.05) is 16.8 Å². The first-order chi connectivity index (χ1) is 14.6. The molecule has 1 atom stereocenters. The van der Waals surface area contributed by atoms with E-state index in [1.807, 2.05) is 0 Å². The van der Waals surface area contributed by atoms with Crippen LogP contribution >= 0.6 is 11.3 Å². The Hall–Kier alpha value is -3.20. The van der Waals surface area contributed by atoms with Crippen molar-refractivity contribution in [1.82, 2.24) is 5.32 Å². The molecule has 0 saturated heterocycles. The molecule has 1 aliphatic rings. The molecule has 0 spiro atoms. The Balaban J connectivity index is 1.72. The minimum Gasteiger partial charge on any atom is -0.454 e. The van der Waals surface area contributed by atoms with Gasteiger partial charge in [-0.05, 0) is 43.3 Å². The first-order valence-electron chi connectivity index (χ1n) is 9.87. The maximum absolute atomic E-state index is 13.0. The summed E-state index contributed by atoms with van der Waals surface area (Å²) in [6.45, 7) is 6.24. The van der Waals surface area contributed by atoms with Gasteiger partial charge in [-0.1, -0.05) is 32.0 Å². The van der Waals surface area contributed by atoms with E-state index in [9.17, 15) is 19.2 Å². The van der Waals surface area contributed by atoms with E-state index in [-0.39, 0.29) is 17.7 Å². The highest BCUT2D eigenvalue weighted by Crippen LogP contribution is 2.36. The molecule has 9 heteroatoms. The highest BCUT2D eigenvalue weighted by atomic mass is 32.1. The number of esters is 1. The zero-order chi connectivity index (χ0) is 22.8. The van der Waals surface area contributed by atoms with E-state index in [2.05, 4.69) is 10.6 Å². The van der Waals surface area contributed by atoms with E-state index in [0.29, 0.717) is 16.3 Å². The predicted octanol–water partition coefficient (Wildman–Crippen LogP) is 2.81. The lowest BCUT2D eigenvalue weighted by atomic mass is 9.96. The Labute approximate surface area is 184 Å². The van der Waals surface area contributed by atoms with E-state index in [4.69, 9.17) is 4.74 Å². The summed E-state index contributed by atoms with van der Waals surface area (Å²) in [5.41, 5.74) is -0.128. The molecule has 0 fully saturated rings. The highest BCUT2D eigenvalue weighted by molar-refractivity contribution is 7.12. The number of fused-ring (bicyclic) bond motifs is 1. The van der Waals surface area contributed by atoms with Crippen LogP contribution in [0.4, 0.5) is 11.4 Å². The molecule has 1 aromatic carbocycles. The second kappa shape index (κ2) is 8.89. The lowest BCUT2D eigenvalue weighted by molar-refractivity contribution is -0.151. The topological polar surface area (TPSA) is 105 Å². The number of amides is 3. The Morgan fingerprint density at radius 3 is 2.52 bits per heavy atom. The smallest absolute Gasteiger partial charge is 0.329 e. The molecule has 3 rings (SSSR count). The quantitative estimate of drug-likeness (QED) is 0.668. The summed E-state index contributed by atoms with van der Waals surface area (Å²) >= 11 is 1.26. The second-order valence-corrected chi connectivity index (χ2v) is 8.99. The van der Waals surface area contributed by atoms with Crippen LogP contribution in [0.15, 0.2) is 41.8 Å². The molecule has 2 N–H and O–H groups in total. The minimum atomic E-state index is -1.16. The number of anilines is 2. The molecular weight excluding hydrogens is 418 g/mol. The number of nitrogens with zero attached hydrogens (tertiary/aromatic N) is 1. The van der Waals surface area contributed by atoms with Crippen LogP contribution in [0.1, 0.15) is 37.4 Å². The predicted molar refractivity (Wildman–Crippen MR) is 118 cm³/mol. The van der Waals surface area contributed by atoms with Gasteiger partial charge in [0.2, 0.25) is 5.91 Å². The number of nitrogens with one attached hydrogen (secondary N) is 2. The molecule has 1 aliphatic heterocycles. The maximum Gasteiger partial charge on any atom is 0.329 e. The van der Waals surface area contributed by atoms with Gasteiger partial charge in [-0.25, -0.2) is 4.79 Å². The molecule has 164 valence electrons. The molecule has 0 saturated carbocycles. The van der Waals surface area contributed by atoms with Gasteiger partial charge >= 0.3 is 5.97 Å². The zero-order valence-corrected chi connectivity index (χ0v) is 18.6. The summed E-state index contributed by atoms with van der Waals surface area (Å²) in [6.07, 6.45) is 0. The number of carbonyl (C=O) groups is 4. The van der Waals surface area contributed by atoms with Crippen molar-refractivity contribution in [3.63, 3.8) is 0 Å². The van der Waals surface area contributed by atoms with Crippen LogP contribution in [-0.2, 0) is 19.1 Å². The maximum atomic E-state index is 13.0. The molecule has 2 heterocycles. The van der Waals surface area contributed by atoms with Gasteiger partial charge in [0, 0.05) is 0 Å². The second-order valence-electron chi connectivity index (χ2n) is 8.04. The molecule has 1 unspecified atom stereocenters. The van der Waals surface area contributed by atoms with E-state index in [0.717, 1.165) is 0 Å². The van der Waals surface area contributed by atoms with Crippen molar-refractivity contribution in [2.24, 2.45) is 5.92 Å². The van der Waals surface area contributed by atoms with Crippen LogP contribution in [0.2, 0.25) is 0 Å². The molecule has 0 aliphatic carbocycles. The van der Waals surface area contributed by atoms with Crippen molar-refractivity contribution in [3.8, 4) is 0 Å². The fourth-order valence-electron chi connectivity index (χ4n) is 3.30. The number of carbonyl (C=O) groups excluding carboxylic acids is 4. The molecule has 2 aromatic rings. The van der Waals surface area contributed by atoms with Gasteiger partial charge in [0.1, 0.15) is 11.6 Å². The molecule has 1 aromatic heterocycles. The third kappa shape index (κ3) is 4.61. The number of ether oxygens (including phenoxy) is 1. The van der Waals surface area contributed by atoms with Crippen LogP contribution in [-0.4, -0.2) is 41.9 Å². The van der Waals surface area contributed by atoms with Crippen molar-refractivity contribution >= 4 is 46.4 Å². The first-order valence-corrected chi connectivity index (χ1v) is 10.8. The fourth-order valence-corrected chi connectivity index (χ4v) is 3.93. The van der Waals surface area contributed by atoms with Crippen LogP contribution in [0.3, 0.4) is 0 Å². The van der Waals surface area contributed by atoms with Crippen LogP contribution in [0.5, 0.6) is 0 Å². The Kier molecular flexibility index (Phi) is 6.45. The van der Waals surface area contributed by atoms with Gasteiger partial charge in [-0.2, -0.15) is 0 Å². The zero-order valence-electron chi connectivity index (χ0n) is 17.8. The Morgan fingerprint density at radius 2 is 1.87 bits per heavy atom. The van der Waals surface area contributed by atoms with Crippen molar-refractivity contribution in [2.45, 2.75) is 39.3 Å². The van der Waals surface area contributed by atoms with Gasteiger partial charge in [0.15, 0.2) is 6.61 Å². The van der Waals surface area contributed by atoms with Gasteiger partial charge in [0.05, 0.1) is 16.3 Å². The average Bonchev–Trinajstić information content (AvgIpc) is 3.25. The van der Waals surface area contributed by atoms with Gasteiger partial charge < -0.3 is 15.4 Å². The largest absolute Gasteiger partial charge is 0.454 e. The third-order valence-corrected chi connectivity index (χ3v) is 5.92. The van der Waals surface area contributed by atoms with Gasteiger partial charge in [-0.15, -0.1) is 11.3 Å². The van der Waals surface area contributed by atoms with Crippen molar-refractivity contribution < 1.29 is 23.9 Å². The van der Waals surface area contributed by atoms with Crippen molar-refractivity contribution in [3.05, 3.63) is 46.7 Å². The van der Waals surface area contributed by atoms with Crippen LogP contribution in [0, 0.1) is 5.92 Å². The number of rotatable bonds is 6. The number of para-hydroxylation sites is 2. The highest BCUT2D eigenvalue weighted by Gasteiger charge is 2.43. The van der Waals surface area contributed by atoms with Crippen molar-refractivity contribution in [1.29, 1.82) is 0 Å². The third-order valence-electron chi connectivity index (χ3n) is 5.05. The minimum absolute atomic E-state index is 0.246. The van der Waals surface area contributed by atoms with Crippen LogP contribution < -0.4 is 15.5 Å². The van der Waals surface area contributed by atoms with Gasteiger partial charge in [0.25, 0.3) is 11.8 Å². The van der Waals surface area contributed by atoms with E-state index in [1.54, 1.807) is 69.5 Å². The average molecular weight is 444 g/mol. The first kappa shape index (κ1) is 22.5. The fraction of sp³-hybridized carbons (Fsp3) is 0.364. The van der Waals surface area contributed by atoms with E-state index in [1.165, 1.54) is 16.2 Å². The lowest BCUT2D eigenvalue weighted by Crippen LogP contribution is -2.59. The summed E-state index contributed by atoms with van der Waals surface area (Å²) in [5, 5.41) is 7.22. The van der Waals surface area contributed by atoms with E-state index >= 15 is 0 Å². The summed E-state index contributed by atoms with van der Waals surface area (Å²) in [6, 6.07) is 9.42. The number of hydrogen-bond donors (Lipinski definition) is 2. The van der Waals surface area contributed by atoms with Gasteiger partial charge in [-0.3, -0.25) is 19.3 Å².